The number of piperidine rings is 1. The van der Waals surface area contributed by atoms with E-state index < -0.39 is 0 Å². The Bertz CT molecular complexity index is 373. The molecule has 0 spiro atoms. The summed E-state index contributed by atoms with van der Waals surface area (Å²) in [6, 6.07) is 5.48. The highest BCUT2D eigenvalue weighted by molar-refractivity contribution is 6.35. The molecule has 1 aliphatic rings. The molecule has 16 heavy (non-hydrogen) atoms. The number of halogens is 2. The lowest BCUT2D eigenvalue weighted by Crippen LogP contribution is -2.40. The van der Waals surface area contributed by atoms with Crippen LogP contribution in [0.5, 0.6) is 0 Å². The summed E-state index contributed by atoms with van der Waals surface area (Å²) >= 11 is 12.1. The van der Waals surface area contributed by atoms with Crippen LogP contribution in [0, 0.1) is 0 Å². The van der Waals surface area contributed by atoms with Gasteiger partial charge in [-0.15, -0.1) is 0 Å². The maximum Gasteiger partial charge on any atom is 0.0962 e. The van der Waals surface area contributed by atoms with Crippen molar-refractivity contribution < 1.29 is 4.84 Å². The Morgan fingerprint density at radius 3 is 2.94 bits per heavy atom. The molecular formula is C11H14Cl2N2O. The minimum Gasteiger partial charge on any atom is -0.368 e. The molecule has 0 saturated carbocycles. The molecule has 1 aromatic carbocycles. The van der Waals surface area contributed by atoms with Gasteiger partial charge < -0.3 is 4.90 Å². The highest BCUT2D eigenvalue weighted by atomic mass is 35.5. The Morgan fingerprint density at radius 1 is 1.38 bits per heavy atom. The highest BCUT2D eigenvalue weighted by Gasteiger charge is 2.21. The van der Waals surface area contributed by atoms with Crippen LogP contribution in [0.25, 0.3) is 0 Å². The average Bonchev–Trinajstić information content (AvgIpc) is 2.32. The molecule has 1 heterocycles. The number of rotatable bonds is 2. The van der Waals surface area contributed by atoms with E-state index in [1.54, 1.807) is 6.07 Å². The van der Waals surface area contributed by atoms with E-state index in [2.05, 4.69) is 4.90 Å². The molecule has 2 N–H and O–H groups in total. The molecule has 0 bridgehead atoms. The van der Waals surface area contributed by atoms with Crippen molar-refractivity contribution in [2.24, 2.45) is 5.90 Å². The fraction of sp³-hybridized carbons (Fsp3) is 0.455. The van der Waals surface area contributed by atoms with Gasteiger partial charge in [0.1, 0.15) is 0 Å². The first-order chi connectivity index (χ1) is 7.70. The maximum absolute atomic E-state index is 6.15. The summed E-state index contributed by atoms with van der Waals surface area (Å²) in [5, 5.41) is 1.40. The van der Waals surface area contributed by atoms with Gasteiger partial charge in [-0.05, 0) is 31.0 Å². The summed E-state index contributed by atoms with van der Waals surface area (Å²) in [4.78, 5) is 7.06. The predicted molar refractivity (Wildman–Crippen MR) is 67.0 cm³/mol. The van der Waals surface area contributed by atoms with Gasteiger partial charge in [0.15, 0.2) is 0 Å². The van der Waals surface area contributed by atoms with Crippen molar-refractivity contribution in [3.8, 4) is 0 Å². The van der Waals surface area contributed by atoms with E-state index in [0.29, 0.717) is 10.0 Å². The first-order valence-corrected chi connectivity index (χ1v) is 6.02. The standard InChI is InChI=1S/C11H14Cl2N2O/c12-8-3-4-10(13)11(6-8)15-5-1-2-9(7-15)16-14/h3-4,6,9H,1-2,5,7,14H2. The number of benzene rings is 1. The van der Waals surface area contributed by atoms with E-state index in [0.717, 1.165) is 31.6 Å². The average molecular weight is 261 g/mol. The number of hydrogen-bond donors (Lipinski definition) is 1. The van der Waals surface area contributed by atoms with Crippen LogP contribution in [0.4, 0.5) is 5.69 Å². The van der Waals surface area contributed by atoms with Crippen LogP contribution in [0.3, 0.4) is 0 Å². The largest absolute Gasteiger partial charge is 0.368 e. The molecule has 1 unspecified atom stereocenters. The molecule has 88 valence electrons. The zero-order valence-electron chi connectivity index (χ0n) is 8.83. The molecule has 1 aromatic rings. The van der Waals surface area contributed by atoms with E-state index >= 15 is 0 Å². The van der Waals surface area contributed by atoms with Crippen LogP contribution in [0.2, 0.25) is 10.0 Å². The van der Waals surface area contributed by atoms with Crippen LogP contribution in [-0.2, 0) is 4.84 Å². The van der Waals surface area contributed by atoms with Crippen molar-refractivity contribution in [1.29, 1.82) is 0 Å². The van der Waals surface area contributed by atoms with Crippen molar-refractivity contribution >= 4 is 28.9 Å². The molecule has 1 aliphatic heterocycles. The third-order valence-corrected chi connectivity index (χ3v) is 3.37. The van der Waals surface area contributed by atoms with Crippen molar-refractivity contribution in [1.82, 2.24) is 0 Å². The summed E-state index contributed by atoms with van der Waals surface area (Å²) in [6.07, 6.45) is 2.11. The minimum absolute atomic E-state index is 0.0730. The van der Waals surface area contributed by atoms with Crippen molar-refractivity contribution in [3.05, 3.63) is 28.2 Å². The second-order valence-corrected chi connectivity index (χ2v) is 4.79. The van der Waals surface area contributed by atoms with Crippen LogP contribution in [-0.4, -0.2) is 19.2 Å². The Kier molecular flexibility index (Phi) is 3.92. The zero-order valence-corrected chi connectivity index (χ0v) is 10.3. The molecule has 0 aliphatic carbocycles. The summed E-state index contributed by atoms with van der Waals surface area (Å²) in [5.74, 6) is 5.23. The molecule has 5 heteroatoms. The minimum atomic E-state index is 0.0730. The summed E-state index contributed by atoms with van der Waals surface area (Å²) in [5.41, 5.74) is 0.955. The Hall–Kier alpha value is -0.480. The van der Waals surface area contributed by atoms with Crippen LogP contribution < -0.4 is 10.8 Å². The zero-order chi connectivity index (χ0) is 11.5. The number of hydrogen-bond acceptors (Lipinski definition) is 3. The van der Waals surface area contributed by atoms with E-state index in [-0.39, 0.29) is 6.10 Å². The van der Waals surface area contributed by atoms with Crippen molar-refractivity contribution in [3.63, 3.8) is 0 Å². The van der Waals surface area contributed by atoms with E-state index in [1.165, 1.54) is 0 Å². The van der Waals surface area contributed by atoms with Gasteiger partial charge in [0.25, 0.3) is 0 Å². The van der Waals surface area contributed by atoms with Gasteiger partial charge >= 0.3 is 0 Å². The van der Waals surface area contributed by atoms with Gasteiger partial charge in [-0.3, -0.25) is 4.84 Å². The molecule has 3 nitrogen and oxygen atoms in total. The molecule has 0 amide bonds. The topological polar surface area (TPSA) is 38.5 Å². The number of nitrogens with two attached hydrogens (primary N) is 1. The smallest absolute Gasteiger partial charge is 0.0962 e. The first kappa shape index (κ1) is 12.0. The van der Waals surface area contributed by atoms with E-state index in [4.69, 9.17) is 33.9 Å². The first-order valence-electron chi connectivity index (χ1n) is 5.26. The Labute approximate surface area is 105 Å². The van der Waals surface area contributed by atoms with Gasteiger partial charge in [-0.2, -0.15) is 0 Å². The van der Waals surface area contributed by atoms with Gasteiger partial charge in [-0.1, -0.05) is 23.2 Å². The predicted octanol–water partition coefficient (Wildman–Crippen LogP) is 2.85. The molecular weight excluding hydrogens is 247 g/mol. The lowest BCUT2D eigenvalue weighted by atomic mass is 10.1. The van der Waals surface area contributed by atoms with Gasteiger partial charge in [0.05, 0.1) is 16.8 Å². The summed E-state index contributed by atoms with van der Waals surface area (Å²) in [7, 11) is 0. The quantitative estimate of drug-likeness (QED) is 0.832. The molecule has 2 rings (SSSR count). The molecule has 1 atom stereocenters. The SMILES string of the molecule is NOC1CCCN(c2cc(Cl)ccc2Cl)C1. The number of nitrogens with zero attached hydrogens (tertiary/aromatic N) is 1. The Balaban J connectivity index is 2.19. The van der Waals surface area contributed by atoms with Crippen molar-refractivity contribution in [2.75, 3.05) is 18.0 Å². The van der Waals surface area contributed by atoms with E-state index in [1.807, 2.05) is 12.1 Å². The second kappa shape index (κ2) is 5.23. The lowest BCUT2D eigenvalue weighted by molar-refractivity contribution is 0.0435. The van der Waals surface area contributed by atoms with Crippen molar-refractivity contribution in [2.45, 2.75) is 18.9 Å². The monoisotopic (exact) mass is 260 g/mol. The van der Waals surface area contributed by atoms with Gasteiger partial charge in [0.2, 0.25) is 0 Å². The highest BCUT2D eigenvalue weighted by Crippen LogP contribution is 2.31. The normalized spacial score (nSPS) is 21.2. The van der Waals surface area contributed by atoms with Gasteiger partial charge in [0, 0.05) is 18.1 Å². The molecule has 0 aromatic heterocycles. The molecule has 1 saturated heterocycles. The molecule has 1 fully saturated rings. The molecule has 0 radical (unpaired) electrons. The van der Waals surface area contributed by atoms with Crippen LogP contribution in [0.1, 0.15) is 12.8 Å². The fourth-order valence-electron chi connectivity index (χ4n) is 2.00. The second-order valence-electron chi connectivity index (χ2n) is 3.94. The van der Waals surface area contributed by atoms with E-state index in [9.17, 15) is 0 Å². The van der Waals surface area contributed by atoms with Gasteiger partial charge in [-0.25, -0.2) is 5.90 Å². The van der Waals surface area contributed by atoms with Crippen LogP contribution in [0.15, 0.2) is 18.2 Å². The third-order valence-electron chi connectivity index (χ3n) is 2.82. The maximum atomic E-state index is 6.15. The number of anilines is 1. The fourth-order valence-corrected chi connectivity index (χ4v) is 2.40. The lowest BCUT2D eigenvalue weighted by Gasteiger charge is -2.33. The third kappa shape index (κ3) is 2.61. The Morgan fingerprint density at radius 2 is 2.19 bits per heavy atom. The summed E-state index contributed by atoms with van der Waals surface area (Å²) < 4.78 is 0. The van der Waals surface area contributed by atoms with Crippen LogP contribution >= 0.6 is 23.2 Å². The summed E-state index contributed by atoms with van der Waals surface area (Å²) in [6.45, 7) is 1.72.